The summed E-state index contributed by atoms with van der Waals surface area (Å²) in [7, 11) is 0. The molecule has 1 heterocycles. The van der Waals surface area contributed by atoms with Crippen molar-refractivity contribution in [2.75, 3.05) is 5.32 Å². The minimum atomic E-state index is -0.431. The van der Waals surface area contributed by atoms with E-state index < -0.39 is 5.82 Å². The molecule has 0 spiro atoms. The molecule has 2 N–H and O–H groups in total. The molecular weight excluding hydrogens is 343 g/mol. The van der Waals surface area contributed by atoms with E-state index in [4.69, 9.17) is 11.6 Å². The highest BCUT2D eigenvalue weighted by Crippen LogP contribution is 2.17. The first-order valence-electron chi connectivity index (χ1n) is 7.49. The van der Waals surface area contributed by atoms with Crippen molar-refractivity contribution in [1.82, 2.24) is 15.3 Å². The average molecular weight is 357 g/mol. The van der Waals surface area contributed by atoms with Crippen LogP contribution in [-0.4, -0.2) is 15.9 Å². The molecule has 2 aromatic carbocycles. The van der Waals surface area contributed by atoms with Gasteiger partial charge in [-0.1, -0.05) is 41.9 Å². The van der Waals surface area contributed by atoms with Crippen LogP contribution in [-0.2, 0) is 6.54 Å². The van der Waals surface area contributed by atoms with Crippen molar-refractivity contribution in [3.8, 4) is 0 Å². The molecular formula is C18H14ClFN4O. The third-order valence-corrected chi connectivity index (χ3v) is 3.77. The highest BCUT2D eigenvalue weighted by molar-refractivity contribution is 6.31. The lowest BCUT2D eigenvalue weighted by Crippen LogP contribution is -2.24. The molecule has 5 nitrogen and oxygen atoms in total. The summed E-state index contributed by atoms with van der Waals surface area (Å²) >= 11 is 6.06. The molecule has 25 heavy (non-hydrogen) atoms. The van der Waals surface area contributed by atoms with Crippen molar-refractivity contribution < 1.29 is 9.18 Å². The fraction of sp³-hybridized carbons (Fsp3) is 0.0556. The molecule has 0 aliphatic rings. The Hall–Kier alpha value is -2.99. The molecule has 0 aliphatic heterocycles. The van der Waals surface area contributed by atoms with Crippen LogP contribution in [0.25, 0.3) is 0 Å². The fourth-order valence-corrected chi connectivity index (χ4v) is 2.34. The van der Waals surface area contributed by atoms with Crippen molar-refractivity contribution in [3.05, 3.63) is 82.9 Å². The third-order valence-electron chi connectivity index (χ3n) is 3.41. The van der Waals surface area contributed by atoms with E-state index in [9.17, 15) is 9.18 Å². The summed E-state index contributed by atoms with van der Waals surface area (Å²) in [5, 5.41) is 6.07. The van der Waals surface area contributed by atoms with Crippen LogP contribution in [0.3, 0.4) is 0 Å². The second-order valence-corrected chi connectivity index (χ2v) is 5.55. The van der Waals surface area contributed by atoms with Gasteiger partial charge in [0.05, 0.1) is 5.69 Å². The smallest absolute Gasteiger partial charge is 0.270 e. The quantitative estimate of drug-likeness (QED) is 0.726. The SMILES string of the molecule is O=C(NCc1ccccc1Cl)c1ccnc(Nc2ccccc2F)n1. The summed E-state index contributed by atoms with van der Waals surface area (Å²) in [4.78, 5) is 20.4. The Kier molecular flexibility index (Phi) is 5.20. The number of benzene rings is 2. The van der Waals surface area contributed by atoms with Crippen LogP contribution < -0.4 is 10.6 Å². The summed E-state index contributed by atoms with van der Waals surface area (Å²) in [6, 6.07) is 14.9. The van der Waals surface area contributed by atoms with Gasteiger partial charge in [0, 0.05) is 17.8 Å². The standard InChI is InChI=1S/C18H14ClFN4O/c19-13-6-2-1-5-12(13)11-22-17(25)16-9-10-21-18(24-16)23-15-8-4-3-7-14(15)20/h1-10H,11H2,(H,22,25)(H,21,23,24). The number of hydrogen-bond acceptors (Lipinski definition) is 4. The summed E-state index contributed by atoms with van der Waals surface area (Å²) < 4.78 is 13.7. The second-order valence-electron chi connectivity index (χ2n) is 5.14. The second kappa shape index (κ2) is 7.72. The van der Waals surface area contributed by atoms with Gasteiger partial charge in [-0.25, -0.2) is 14.4 Å². The van der Waals surface area contributed by atoms with E-state index >= 15 is 0 Å². The number of para-hydroxylation sites is 1. The maximum atomic E-state index is 13.7. The number of nitrogens with zero attached hydrogens (tertiary/aromatic N) is 2. The Morgan fingerprint density at radius 2 is 1.84 bits per heavy atom. The number of rotatable bonds is 5. The van der Waals surface area contributed by atoms with Gasteiger partial charge in [0.15, 0.2) is 0 Å². The van der Waals surface area contributed by atoms with Crippen LogP contribution in [0.2, 0.25) is 5.02 Å². The van der Waals surface area contributed by atoms with E-state index in [1.165, 1.54) is 18.3 Å². The van der Waals surface area contributed by atoms with Crippen LogP contribution in [0.4, 0.5) is 16.0 Å². The number of aromatic nitrogens is 2. The molecule has 0 fully saturated rings. The van der Waals surface area contributed by atoms with E-state index in [2.05, 4.69) is 20.6 Å². The van der Waals surface area contributed by atoms with Gasteiger partial charge in [0.2, 0.25) is 5.95 Å². The first kappa shape index (κ1) is 16.9. The van der Waals surface area contributed by atoms with E-state index in [-0.39, 0.29) is 29.8 Å². The number of anilines is 2. The lowest BCUT2D eigenvalue weighted by atomic mass is 10.2. The van der Waals surface area contributed by atoms with Crippen LogP contribution in [0.5, 0.6) is 0 Å². The minimum absolute atomic E-state index is 0.135. The molecule has 3 aromatic rings. The molecule has 0 atom stereocenters. The Morgan fingerprint density at radius 1 is 1.08 bits per heavy atom. The summed E-state index contributed by atoms with van der Waals surface area (Å²) in [5.41, 5.74) is 1.20. The van der Waals surface area contributed by atoms with Gasteiger partial charge in [-0.15, -0.1) is 0 Å². The molecule has 126 valence electrons. The van der Waals surface area contributed by atoms with Gasteiger partial charge in [-0.2, -0.15) is 0 Å². The molecule has 0 aliphatic carbocycles. The number of hydrogen-bond donors (Lipinski definition) is 2. The zero-order valence-corrected chi connectivity index (χ0v) is 13.8. The van der Waals surface area contributed by atoms with Crippen LogP contribution in [0.1, 0.15) is 16.1 Å². The third kappa shape index (κ3) is 4.30. The monoisotopic (exact) mass is 356 g/mol. The van der Waals surface area contributed by atoms with Crippen molar-refractivity contribution in [3.63, 3.8) is 0 Å². The van der Waals surface area contributed by atoms with Crippen LogP contribution >= 0.6 is 11.6 Å². The normalized spacial score (nSPS) is 10.3. The van der Waals surface area contributed by atoms with E-state index in [1.54, 1.807) is 24.3 Å². The molecule has 0 bridgehead atoms. The minimum Gasteiger partial charge on any atom is -0.347 e. The maximum Gasteiger partial charge on any atom is 0.270 e. The van der Waals surface area contributed by atoms with Gasteiger partial charge < -0.3 is 10.6 Å². The maximum absolute atomic E-state index is 13.7. The van der Waals surface area contributed by atoms with Crippen LogP contribution in [0, 0.1) is 5.82 Å². The lowest BCUT2D eigenvalue weighted by molar-refractivity contribution is 0.0946. The van der Waals surface area contributed by atoms with Crippen LogP contribution in [0.15, 0.2) is 60.8 Å². The molecule has 0 saturated heterocycles. The lowest BCUT2D eigenvalue weighted by Gasteiger charge is -2.08. The first-order valence-corrected chi connectivity index (χ1v) is 7.87. The Labute approximate surface area is 148 Å². The Morgan fingerprint density at radius 3 is 2.64 bits per heavy atom. The summed E-state index contributed by atoms with van der Waals surface area (Å²) in [6.07, 6.45) is 1.43. The molecule has 0 unspecified atom stereocenters. The first-order chi connectivity index (χ1) is 12.1. The predicted molar refractivity (Wildman–Crippen MR) is 94.3 cm³/mol. The van der Waals surface area contributed by atoms with Gasteiger partial charge in [-0.05, 0) is 29.8 Å². The van der Waals surface area contributed by atoms with Gasteiger partial charge >= 0.3 is 0 Å². The largest absolute Gasteiger partial charge is 0.347 e. The number of nitrogens with one attached hydrogen (secondary N) is 2. The van der Waals surface area contributed by atoms with Crippen molar-refractivity contribution in [2.45, 2.75) is 6.54 Å². The van der Waals surface area contributed by atoms with Gasteiger partial charge in [0.25, 0.3) is 5.91 Å². The number of amides is 1. The highest BCUT2D eigenvalue weighted by Gasteiger charge is 2.10. The molecule has 0 saturated carbocycles. The Balaban J connectivity index is 1.69. The number of carbonyl (C=O) groups excluding carboxylic acids is 1. The summed E-state index contributed by atoms with van der Waals surface area (Å²) in [5.74, 6) is -0.672. The highest BCUT2D eigenvalue weighted by atomic mass is 35.5. The topological polar surface area (TPSA) is 66.9 Å². The molecule has 1 aromatic heterocycles. The zero-order valence-electron chi connectivity index (χ0n) is 13.0. The zero-order chi connectivity index (χ0) is 17.6. The predicted octanol–water partition coefficient (Wildman–Crippen LogP) is 3.94. The number of halogens is 2. The summed E-state index contributed by atoms with van der Waals surface area (Å²) in [6.45, 7) is 0.276. The Bertz CT molecular complexity index is 904. The van der Waals surface area contributed by atoms with E-state index in [0.717, 1.165) is 5.56 Å². The number of carbonyl (C=O) groups is 1. The van der Waals surface area contributed by atoms with E-state index in [0.29, 0.717) is 5.02 Å². The van der Waals surface area contributed by atoms with Gasteiger partial charge in [-0.3, -0.25) is 4.79 Å². The molecule has 7 heteroatoms. The van der Waals surface area contributed by atoms with E-state index in [1.807, 2.05) is 18.2 Å². The van der Waals surface area contributed by atoms with Crippen molar-refractivity contribution >= 4 is 29.1 Å². The van der Waals surface area contributed by atoms with Gasteiger partial charge in [0.1, 0.15) is 11.5 Å². The average Bonchev–Trinajstić information content (AvgIpc) is 2.63. The fourth-order valence-electron chi connectivity index (χ4n) is 2.14. The molecule has 3 rings (SSSR count). The molecule has 0 radical (unpaired) electrons. The van der Waals surface area contributed by atoms with Crippen molar-refractivity contribution in [1.29, 1.82) is 0 Å². The molecule has 1 amide bonds. The van der Waals surface area contributed by atoms with Crippen molar-refractivity contribution in [2.24, 2.45) is 0 Å².